The van der Waals surface area contributed by atoms with Crippen molar-refractivity contribution < 1.29 is 13.7 Å². The lowest BCUT2D eigenvalue weighted by Crippen LogP contribution is -2.42. The van der Waals surface area contributed by atoms with E-state index in [1.54, 1.807) is 29.4 Å². The van der Waals surface area contributed by atoms with Crippen LogP contribution >= 0.6 is 0 Å². The number of ether oxygens (including phenoxy) is 1. The third-order valence-electron chi connectivity index (χ3n) is 3.26. The Morgan fingerprint density at radius 1 is 1.43 bits per heavy atom. The van der Waals surface area contributed by atoms with E-state index in [1.807, 2.05) is 20.8 Å². The molecule has 2 heterocycles. The summed E-state index contributed by atoms with van der Waals surface area (Å²) in [5.74, 6) is 0.448. The van der Waals surface area contributed by atoms with Crippen LogP contribution in [0.15, 0.2) is 29.4 Å². The van der Waals surface area contributed by atoms with E-state index >= 15 is 0 Å². The van der Waals surface area contributed by atoms with Gasteiger partial charge in [0.1, 0.15) is 5.60 Å². The topological polar surface area (TPSA) is 59.5 Å². The predicted octanol–water partition coefficient (Wildman–Crippen LogP) is 2.59. The number of hydrogen-bond acceptors (Lipinski definition) is 4. The van der Waals surface area contributed by atoms with Crippen molar-refractivity contribution in [2.24, 2.45) is 0 Å². The Labute approximate surface area is 128 Å². The van der Waals surface area contributed by atoms with Crippen LogP contribution in [0, 0.1) is 0 Å². The molecule has 6 heteroatoms. The van der Waals surface area contributed by atoms with Crippen LogP contribution in [-0.2, 0) is 15.5 Å². The Balaban J connectivity index is 1.99. The van der Waals surface area contributed by atoms with Crippen molar-refractivity contribution in [2.45, 2.75) is 50.2 Å². The maximum absolute atomic E-state index is 12.4. The molecule has 0 saturated carbocycles. The molecule has 0 unspecified atom stereocenters. The highest BCUT2D eigenvalue weighted by Gasteiger charge is 2.33. The van der Waals surface area contributed by atoms with E-state index in [1.165, 1.54) is 0 Å². The Hall–Kier alpha value is -1.43. The minimum atomic E-state index is -1.12. The van der Waals surface area contributed by atoms with Gasteiger partial charge in [0.2, 0.25) is 0 Å². The van der Waals surface area contributed by atoms with Gasteiger partial charge in [0, 0.05) is 35.6 Å². The average Bonchev–Trinajstić information content (AvgIpc) is 2.86. The fourth-order valence-electron chi connectivity index (χ4n) is 2.33. The smallest absolute Gasteiger partial charge is 0.410 e. The number of likely N-dealkylation sites (tertiary alicyclic amines) is 1. The fourth-order valence-corrected chi connectivity index (χ4v) is 3.64. The highest BCUT2D eigenvalue weighted by Crippen LogP contribution is 2.22. The summed E-state index contributed by atoms with van der Waals surface area (Å²) in [7, 11) is -1.12. The summed E-state index contributed by atoms with van der Waals surface area (Å²) >= 11 is 0. The van der Waals surface area contributed by atoms with Crippen LogP contribution in [0.2, 0.25) is 0 Å². The number of nitrogens with zero attached hydrogens (tertiary/aromatic N) is 2. The molecule has 1 aromatic heterocycles. The van der Waals surface area contributed by atoms with Crippen LogP contribution < -0.4 is 0 Å². The maximum Gasteiger partial charge on any atom is 0.410 e. The van der Waals surface area contributed by atoms with Gasteiger partial charge in [-0.05, 0) is 45.7 Å². The van der Waals surface area contributed by atoms with Gasteiger partial charge >= 0.3 is 6.09 Å². The Bertz CT molecular complexity index is 513. The van der Waals surface area contributed by atoms with Crippen LogP contribution in [0.5, 0.6) is 0 Å². The Morgan fingerprint density at radius 2 is 2.10 bits per heavy atom. The third kappa shape index (κ3) is 4.52. The molecule has 1 saturated heterocycles. The van der Waals surface area contributed by atoms with Gasteiger partial charge in [0.25, 0.3) is 0 Å². The standard InChI is InChI=1S/C15H22N2O3S/c1-15(2,3)20-14(18)17-10-4-5-12(17)11-21(19)13-6-8-16-9-7-13/h6-9,12H,4-5,10-11H2,1-3H3/t12-,21-/m0/s1. The van der Waals surface area contributed by atoms with Gasteiger partial charge in [0.05, 0.1) is 10.8 Å². The zero-order valence-corrected chi connectivity index (χ0v) is 13.6. The van der Waals surface area contributed by atoms with Crippen molar-refractivity contribution in [3.05, 3.63) is 24.5 Å². The molecule has 0 N–H and O–H groups in total. The molecule has 21 heavy (non-hydrogen) atoms. The molecule has 1 amide bonds. The first-order valence-electron chi connectivity index (χ1n) is 7.15. The fraction of sp³-hybridized carbons (Fsp3) is 0.600. The molecule has 2 rings (SSSR count). The van der Waals surface area contributed by atoms with Gasteiger partial charge in [-0.2, -0.15) is 0 Å². The van der Waals surface area contributed by atoms with Crippen molar-refractivity contribution in [3.8, 4) is 0 Å². The highest BCUT2D eigenvalue weighted by molar-refractivity contribution is 7.85. The van der Waals surface area contributed by atoms with Gasteiger partial charge in [-0.1, -0.05) is 0 Å². The molecule has 0 spiro atoms. The van der Waals surface area contributed by atoms with Gasteiger partial charge in [-0.15, -0.1) is 0 Å². The molecule has 1 aromatic rings. The summed E-state index contributed by atoms with van der Waals surface area (Å²) in [6.07, 6.45) is 4.76. The van der Waals surface area contributed by atoms with Crippen LogP contribution in [-0.4, -0.2) is 44.1 Å². The SMILES string of the molecule is CC(C)(C)OC(=O)N1CCC[C@H]1C[S@](=O)c1ccncc1. The molecule has 1 fully saturated rings. The lowest BCUT2D eigenvalue weighted by Gasteiger charge is -2.28. The summed E-state index contributed by atoms with van der Waals surface area (Å²) in [5.41, 5.74) is -0.505. The van der Waals surface area contributed by atoms with Crippen LogP contribution in [0.3, 0.4) is 0 Å². The van der Waals surface area contributed by atoms with Crippen molar-refractivity contribution in [1.29, 1.82) is 0 Å². The lowest BCUT2D eigenvalue weighted by atomic mass is 10.2. The molecule has 0 bridgehead atoms. The predicted molar refractivity (Wildman–Crippen MR) is 81.5 cm³/mol. The summed E-state index contributed by atoms with van der Waals surface area (Å²) in [5, 5.41) is 0. The van der Waals surface area contributed by atoms with E-state index in [0.717, 1.165) is 17.7 Å². The zero-order valence-electron chi connectivity index (χ0n) is 12.7. The van der Waals surface area contributed by atoms with Crippen molar-refractivity contribution in [2.75, 3.05) is 12.3 Å². The first kappa shape index (κ1) is 15.9. The molecular formula is C15H22N2O3S. The van der Waals surface area contributed by atoms with Gasteiger partial charge in [-0.25, -0.2) is 4.79 Å². The molecule has 5 nitrogen and oxygen atoms in total. The largest absolute Gasteiger partial charge is 0.444 e. The molecular weight excluding hydrogens is 288 g/mol. The summed E-state index contributed by atoms with van der Waals surface area (Å²) in [6, 6.07) is 3.49. The van der Waals surface area contributed by atoms with Gasteiger partial charge in [-0.3, -0.25) is 9.19 Å². The summed E-state index contributed by atoms with van der Waals surface area (Å²) < 4.78 is 17.8. The molecule has 0 aromatic carbocycles. The number of rotatable bonds is 3. The number of hydrogen-bond donors (Lipinski definition) is 0. The third-order valence-corrected chi connectivity index (χ3v) is 4.75. The second kappa shape index (κ2) is 6.56. The van der Waals surface area contributed by atoms with Crippen LogP contribution in [0.1, 0.15) is 33.6 Å². The molecule has 0 radical (unpaired) electrons. The van der Waals surface area contributed by atoms with Crippen LogP contribution in [0.4, 0.5) is 4.79 Å². The normalized spacial score (nSPS) is 20.3. The molecule has 2 atom stereocenters. The summed E-state index contributed by atoms with van der Waals surface area (Å²) in [6.45, 7) is 6.23. The number of amides is 1. The number of pyridine rings is 1. The van der Waals surface area contributed by atoms with Crippen molar-refractivity contribution in [3.63, 3.8) is 0 Å². The van der Waals surface area contributed by atoms with E-state index in [4.69, 9.17) is 4.74 Å². The highest BCUT2D eigenvalue weighted by atomic mass is 32.2. The summed E-state index contributed by atoms with van der Waals surface area (Å²) in [4.78, 5) is 18.6. The Kier molecular flexibility index (Phi) is 4.98. The molecule has 116 valence electrons. The monoisotopic (exact) mass is 310 g/mol. The quantitative estimate of drug-likeness (QED) is 0.861. The number of aromatic nitrogens is 1. The lowest BCUT2D eigenvalue weighted by molar-refractivity contribution is 0.0241. The van der Waals surface area contributed by atoms with E-state index in [0.29, 0.717) is 12.3 Å². The minimum Gasteiger partial charge on any atom is -0.444 e. The minimum absolute atomic E-state index is 0.0196. The second-order valence-electron chi connectivity index (χ2n) is 6.16. The molecule has 1 aliphatic heterocycles. The van der Waals surface area contributed by atoms with Gasteiger partial charge in [0.15, 0.2) is 0 Å². The molecule has 1 aliphatic rings. The number of carbonyl (C=O) groups is 1. The molecule has 0 aliphatic carbocycles. The van der Waals surface area contributed by atoms with E-state index < -0.39 is 16.4 Å². The van der Waals surface area contributed by atoms with E-state index in [2.05, 4.69) is 4.98 Å². The van der Waals surface area contributed by atoms with Crippen molar-refractivity contribution in [1.82, 2.24) is 9.88 Å². The van der Waals surface area contributed by atoms with Crippen molar-refractivity contribution >= 4 is 16.9 Å². The van der Waals surface area contributed by atoms with Gasteiger partial charge < -0.3 is 9.64 Å². The first-order valence-corrected chi connectivity index (χ1v) is 8.47. The zero-order chi connectivity index (χ0) is 15.5. The van der Waals surface area contributed by atoms with E-state index in [-0.39, 0.29) is 12.1 Å². The average molecular weight is 310 g/mol. The van der Waals surface area contributed by atoms with E-state index in [9.17, 15) is 9.00 Å². The maximum atomic E-state index is 12.4. The van der Waals surface area contributed by atoms with Crippen LogP contribution in [0.25, 0.3) is 0 Å². The number of carbonyl (C=O) groups excluding carboxylic acids is 1. The Morgan fingerprint density at radius 3 is 2.71 bits per heavy atom. The first-order chi connectivity index (χ1) is 9.87. The second-order valence-corrected chi connectivity index (χ2v) is 7.66.